The summed E-state index contributed by atoms with van der Waals surface area (Å²) in [4.78, 5) is 3.84. The molecule has 2 aliphatic heterocycles. The lowest BCUT2D eigenvalue weighted by atomic mass is 9.81. The maximum absolute atomic E-state index is 14.7. The topological polar surface area (TPSA) is 39.9 Å². The third kappa shape index (κ3) is 2.02. The molecule has 0 aliphatic carbocycles. The molecule has 0 amide bonds. The number of aromatic nitrogens is 3. The van der Waals surface area contributed by atoms with Gasteiger partial charge in [0.15, 0.2) is 12.0 Å². The highest BCUT2D eigenvalue weighted by atomic mass is 19.3. The lowest BCUT2D eigenvalue weighted by Crippen LogP contribution is -2.52. The summed E-state index contributed by atoms with van der Waals surface area (Å²) in [7, 11) is 0. The molecule has 0 bridgehead atoms. The highest BCUT2D eigenvalue weighted by molar-refractivity contribution is 5.24. The van der Waals surface area contributed by atoms with E-state index in [1.807, 2.05) is 30.3 Å². The van der Waals surface area contributed by atoms with Crippen molar-refractivity contribution in [1.82, 2.24) is 14.8 Å². The molecule has 0 N–H and O–H groups in total. The molecule has 1 aromatic heterocycles. The van der Waals surface area contributed by atoms with Gasteiger partial charge in [0.2, 0.25) is 5.82 Å². The Morgan fingerprint density at radius 1 is 1.26 bits per heavy atom. The van der Waals surface area contributed by atoms with Crippen LogP contribution >= 0.6 is 0 Å². The Kier molecular flexibility index (Phi) is 3.07. The summed E-state index contributed by atoms with van der Waals surface area (Å²) in [6.07, 6.45) is -1.21. The van der Waals surface area contributed by atoms with Gasteiger partial charge in [0.1, 0.15) is 0 Å². The first kappa shape index (κ1) is 14.7. The van der Waals surface area contributed by atoms with Crippen LogP contribution in [-0.4, -0.2) is 28.0 Å². The molecule has 1 fully saturated rings. The fourth-order valence-corrected chi connectivity index (χ4v) is 3.12. The summed E-state index contributed by atoms with van der Waals surface area (Å²) >= 11 is 0. The minimum Gasteiger partial charge on any atom is -0.380 e. The molecule has 0 saturated carbocycles. The second kappa shape index (κ2) is 4.80. The zero-order chi connectivity index (χ0) is 16.2. The van der Waals surface area contributed by atoms with E-state index in [0.717, 1.165) is 5.56 Å². The van der Waals surface area contributed by atoms with Crippen molar-refractivity contribution in [3.63, 3.8) is 0 Å². The number of fused-ring (bicyclic) bond motifs is 1. The van der Waals surface area contributed by atoms with E-state index < -0.39 is 29.4 Å². The number of hydrogen-bond acceptors (Lipinski definition) is 3. The van der Waals surface area contributed by atoms with Crippen molar-refractivity contribution in [2.45, 2.75) is 31.5 Å². The van der Waals surface area contributed by atoms with Crippen LogP contribution in [0.4, 0.5) is 13.2 Å². The molecule has 0 radical (unpaired) electrons. The van der Waals surface area contributed by atoms with E-state index in [-0.39, 0.29) is 25.5 Å². The Morgan fingerprint density at radius 2 is 1.96 bits per heavy atom. The lowest BCUT2D eigenvalue weighted by molar-refractivity contribution is -0.243. The monoisotopic (exact) mass is 323 g/mol. The van der Waals surface area contributed by atoms with Gasteiger partial charge in [-0.15, -0.1) is 5.10 Å². The quantitative estimate of drug-likeness (QED) is 0.869. The van der Waals surface area contributed by atoms with Crippen LogP contribution in [0.2, 0.25) is 0 Å². The number of halogens is 3. The van der Waals surface area contributed by atoms with Gasteiger partial charge < -0.3 is 4.74 Å². The van der Waals surface area contributed by atoms with Crippen molar-refractivity contribution >= 4 is 0 Å². The van der Waals surface area contributed by atoms with Gasteiger partial charge >= 0.3 is 5.92 Å². The van der Waals surface area contributed by atoms with E-state index in [9.17, 15) is 13.2 Å². The van der Waals surface area contributed by atoms with Gasteiger partial charge in [-0.1, -0.05) is 30.3 Å². The zero-order valence-corrected chi connectivity index (χ0v) is 12.5. The Morgan fingerprint density at radius 3 is 2.57 bits per heavy atom. The Bertz CT molecular complexity index is 727. The summed E-state index contributed by atoms with van der Waals surface area (Å²) in [5, 5.41) is 3.98. The summed E-state index contributed by atoms with van der Waals surface area (Å²) in [6, 6.07) is 8.80. The highest BCUT2D eigenvalue weighted by Gasteiger charge is 2.59. The van der Waals surface area contributed by atoms with Crippen LogP contribution in [0.15, 0.2) is 30.3 Å². The molecule has 1 aromatic carbocycles. The van der Waals surface area contributed by atoms with Crippen molar-refractivity contribution in [3.8, 4) is 0 Å². The smallest absolute Gasteiger partial charge is 0.317 e. The fraction of sp³-hybridized carbons (Fsp3) is 0.500. The van der Waals surface area contributed by atoms with Gasteiger partial charge in [-0.05, 0) is 12.5 Å². The summed E-state index contributed by atoms with van der Waals surface area (Å²) in [5.74, 6) is -3.87. The first-order chi connectivity index (χ1) is 10.9. The number of alkyl halides is 3. The molecule has 2 aliphatic rings. The van der Waals surface area contributed by atoms with Gasteiger partial charge in [-0.3, -0.25) is 0 Å². The Labute approximate surface area is 131 Å². The molecule has 4 rings (SSSR count). The van der Waals surface area contributed by atoms with Crippen LogP contribution in [-0.2, 0) is 10.7 Å². The van der Waals surface area contributed by atoms with E-state index in [4.69, 9.17) is 4.74 Å². The molecule has 0 spiro atoms. The van der Waals surface area contributed by atoms with Crippen molar-refractivity contribution < 1.29 is 17.9 Å². The van der Waals surface area contributed by atoms with Crippen molar-refractivity contribution in [2.75, 3.05) is 13.2 Å². The van der Waals surface area contributed by atoms with Crippen LogP contribution in [0, 0.1) is 5.41 Å². The standard InChI is InChI=1S/C16H16F3N3O/c1-15(8-23-9-15)16(18,19)14-20-13-11(17)7-12(22(13)21-14)10-5-3-2-4-6-10/h2-6,11-12H,7-9H2,1H3/t11-,12-/m0/s1. The van der Waals surface area contributed by atoms with E-state index in [1.165, 1.54) is 11.6 Å². The number of nitrogens with zero attached hydrogens (tertiary/aromatic N) is 3. The van der Waals surface area contributed by atoms with Gasteiger partial charge in [0, 0.05) is 6.42 Å². The summed E-state index contributed by atoms with van der Waals surface area (Å²) in [6.45, 7) is 1.33. The van der Waals surface area contributed by atoms with Gasteiger partial charge in [0.25, 0.3) is 0 Å². The second-order valence-electron chi connectivity index (χ2n) is 6.50. The highest BCUT2D eigenvalue weighted by Crippen LogP contribution is 2.49. The third-order valence-corrected chi connectivity index (χ3v) is 4.73. The van der Waals surface area contributed by atoms with Gasteiger partial charge in [-0.25, -0.2) is 14.1 Å². The van der Waals surface area contributed by atoms with E-state index in [0.29, 0.717) is 0 Å². The molecular formula is C16H16F3N3O. The normalized spacial score (nSPS) is 25.9. The van der Waals surface area contributed by atoms with Crippen LogP contribution in [0.25, 0.3) is 0 Å². The van der Waals surface area contributed by atoms with Crippen LogP contribution in [0.1, 0.15) is 42.8 Å². The van der Waals surface area contributed by atoms with E-state index >= 15 is 0 Å². The molecule has 1 saturated heterocycles. The molecular weight excluding hydrogens is 307 g/mol. The summed E-state index contributed by atoms with van der Waals surface area (Å²) in [5.41, 5.74) is -0.490. The maximum Gasteiger partial charge on any atom is 0.317 e. The van der Waals surface area contributed by atoms with Crippen molar-refractivity contribution in [2.24, 2.45) is 5.41 Å². The fourth-order valence-electron chi connectivity index (χ4n) is 3.12. The number of rotatable bonds is 3. The first-order valence-electron chi connectivity index (χ1n) is 7.54. The lowest BCUT2D eigenvalue weighted by Gasteiger charge is -2.42. The minimum atomic E-state index is -3.25. The molecule has 2 atom stereocenters. The van der Waals surface area contributed by atoms with Crippen LogP contribution < -0.4 is 0 Å². The molecule has 4 nitrogen and oxygen atoms in total. The predicted octanol–water partition coefficient (Wildman–Crippen LogP) is 3.41. The zero-order valence-electron chi connectivity index (χ0n) is 12.5. The van der Waals surface area contributed by atoms with Gasteiger partial charge in [-0.2, -0.15) is 8.78 Å². The molecule has 122 valence electrons. The second-order valence-corrected chi connectivity index (χ2v) is 6.50. The first-order valence-corrected chi connectivity index (χ1v) is 7.54. The number of ether oxygens (including phenoxy) is 1. The molecule has 7 heteroatoms. The van der Waals surface area contributed by atoms with Crippen LogP contribution in [0.5, 0.6) is 0 Å². The van der Waals surface area contributed by atoms with E-state index in [2.05, 4.69) is 10.1 Å². The average Bonchev–Trinajstić information content (AvgIpc) is 3.07. The Hall–Kier alpha value is -1.89. The Balaban J connectivity index is 1.74. The maximum atomic E-state index is 14.7. The largest absolute Gasteiger partial charge is 0.380 e. The van der Waals surface area contributed by atoms with E-state index in [1.54, 1.807) is 0 Å². The van der Waals surface area contributed by atoms with Crippen LogP contribution in [0.3, 0.4) is 0 Å². The molecule has 23 heavy (non-hydrogen) atoms. The van der Waals surface area contributed by atoms with Gasteiger partial charge in [0.05, 0.1) is 24.7 Å². The van der Waals surface area contributed by atoms with Crippen molar-refractivity contribution in [3.05, 3.63) is 47.5 Å². The SMILES string of the molecule is CC1(C(F)(F)c2nc3n(n2)[C@H](c2ccccc2)C[C@@H]3F)COC1. The average molecular weight is 323 g/mol. The minimum absolute atomic E-state index is 0.0163. The molecule has 2 aromatic rings. The predicted molar refractivity (Wildman–Crippen MR) is 75.9 cm³/mol. The molecule has 3 heterocycles. The molecule has 0 unspecified atom stereocenters. The third-order valence-electron chi connectivity index (χ3n) is 4.73. The number of benzene rings is 1. The summed E-state index contributed by atoms with van der Waals surface area (Å²) < 4.78 is 49.8. The van der Waals surface area contributed by atoms with Crippen molar-refractivity contribution in [1.29, 1.82) is 0 Å². The number of hydrogen-bond donors (Lipinski definition) is 0.